The van der Waals surface area contributed by atoms with E-state index in [1.165, 1.54) is 4.90 Å². The normalized spacial score (nSPS) is 10.7. The van der Waals surface area contributed by atoms with Crippen LogP contribution in [0.4, 0.5) is 16.3 Å². The van der Waals surface area contributed by atoms with Crippen LogP contribution < -0.4 is 10.6 Å². The molecule has 7 nitrogen and oxygen atoms in total. The van der Waals surface area contributed by atoms with Crippen molar-refractivity contribution in [1.29, 1.82) is 0 Å². The van der Waals surface area contributed by atoms with Gasteiger partial charge in [-0.1, -0.05) is 74.0 Å². The van der Waals surface area contributed by atoms with Gasteiger partial charge in [-0.15, -0.1) is 0 Å². The van der Waals surface area contributed by atoms with Crippen LogP contribution in [-0.4, -0.2) is 39.7 Å². The number of rotatable bonds is 9. The summed E-state index contributed by atoms with van der Waals surface area (Å²) in [5, 5.41) is 10.8. The van der Waals surface area contributed by atoms with E-state index in [4.69, 9.17) is 5.10 Å². The molecule has 0 saturated carbocycles. The zero-order valence-electron chi connectivity index (χ0n) is 22.5. The second kappa shape index (κ2) is 12.2. The van der Waals surface area contributed by atoms with Crippen LogP contribution in [0.15, 0.2) is 78.9 Å². The molecule has 0 unspecified atom stereocenters. The van der Waals surface area contributed by atoms with Crippen molar-refractivity contribution in [2.45, 2.75) is 40.5 Å². The molecular formula is C31H35N5O2. The third-order valence-corrected chi connectivity index (χ3v) is 6.36. The summed E-state index contributed by atoms with van der Waals surface area (Å²) in [5.74, 6) is 0.288. The van der Waals surface area contributed by atoms with E-state index >= 15 is 0 Å². The van der Waals surface area contributed by atoms with Crippen LogP contribution in [0.3, 0.4) is 0 Å². The number of urea groups is 1. The Morgan fingerprint density at radius 1 is 0.895 bits per heavy atom. The molecule has 7 heteroatoms. The van der Waals surface area contributed by atoms with Gasteiger partial charge in [0.15, 0.2) is 0 Å². The Hall–Kier alpha value is -4.39. The third-order valence-electron chi connectivity index (χ3n) is 6.36. The summed E-state index contributed by atoms with van der Waals surface area (Å²) < 4.78 is 1.76. The van der Waals surface area contributed by atoms with Crippen LogP contribution >= 0.6 is 0 Å². The molecule has 0 aliphatic heterocycles. The lowest BCUT2D eigenvalue weighted by Crippen LogP contribution is -2.41. The molecule has 0 atom stereocenters. The number of nitrogens with one attached hydrogen (secondary N) is 2. The van der Waals surface area contributed by atoms with E-state index in [1.807, 2.05) is 99.6 Å². The molecular weight excluding hydrogens is 474 g/mol. The summed E-state index contributed by atoms with van der Waals surface area (Å²) >= 11 is 0. The number of carbonyl (C=O) groups excluding carboxylic acids is 2. The lowest BCUT2D eigenvalue weighted by Gasteiger charge is -2.22. The number of hydrogen-bond donors (Lipinski definition) is 2. The van der Waals surface area contributed by atoms with Gasteiger partial charge in [-0.05, 0) is 62.1 Å². The zero-order valence-corrected chi connectivity index (χ0v) is 22.5. The first-order chi connectivity index (χ1) is 18.4. The fraction of sp³-hybridized carbons (Fsp3) is 0.258. The van der Waals surface area contributed by atoms with Crippen LogP contribution in [0, 0.1) is 13.8 Å². The molecule has 3 amide bonds. The Labute approximate surface area is 224 Å². The van der Waals surface area contributed by atoms with Crippen molar-refractivity contribution < 1.29 is 9.59 Å². The second-order valence-corrected chi connectivity index (χ2v) is 9.38. The molecule has 3 aromatic carbocycles. The van der Waals surface area contributed by atoms with Gasteiger partial charge >= 0.3 is 6.03 Å². The van der Waals surface area contributed by atoms with Gasteiger partial charge in [-0.3, -0.25) is 4.79 Å². The highest BCUT2D eigenvalue weighted by Gasteiger charge is 2.23. The van der Waals surface area contributed by atoms with E-state index in [1.54, 1.807) is 4.68 Å². The topological polar surface area (TPSA) is 79.3 Å². The Morgan fingerprint density at radius 2 is 1.63 bits per heavy atom. The second-order valence-electron chi connectivity index (χ2n) is 9.38. The molecule has 2 N–H and O–H groups in total. The van der Waals surface area contributed by atoms with E-state index in [0.29, 0.717) is 12.4 Å². The first-order valence-corrected chi connectivity index (χ1v) is 13.1. The maximum atomic E-state index is 13.4. The van der Waals surface area contributed by atoms with Gasteiger partial charge in [-0.2, -0.15) is 5.10 Å². The molecule has 1 aromatic heterocycles. The quantitative estimate of drug-likeness (QED) is 0.267. The number of benzene rings is 3. The fourth-order valence-electron chi connectivity index (χ4n) is 4.40. The van der Waals surface area contributed by atoms with E-state index < -0.39 is 0 Å². The van der Waals surface area contributed by atoms with Crippen molar-refractivity contribution in [3.8, 4) is 16.8 Å². The van der Waals surface area contributed by atoms with Gasteiger partial charge in [0.25, 0.3) is 0 Å². The van der Waals surface area contributed by atoms with Crippen molar-refractivity contribution in [2.75, 3.05) is 23.7 Å². The highest BCUT2D eigenvalue weighted by atomic mass is 16.2. The summed E-state index contributed by atoms with van der Waals surface area (Å²) in [7, 11) is 0. The molecule has 0 saturated heterocycles. The minimum absolute atomic E-state index is 0.0838. The number of anilines is 2. The smallest absolute Gasteiger partial charge is 0.315 e. The molecule has 4 aromatic rings. The summed E-state index contributed by atoms with van der Waals surface area (Å²) in [6.07, 6.45) is 1.61. The maximum Gasteiger partial charge on any atom is 0.322 e. The molecule has 0 aliphatic rings. The molecule has 1 heterocycles. The van der Waals surface area contributed by atoms with Gasteiger partial charge in [-0.25, -0.2) is 9.48 Å². The van der Waals surface area contributed by atoms with Crippen molar-refractivity contribution in [1.82, 2.24) is 14.7 Å². The monoisotopic (exact) mass is 509 g/mol. The summed E-state index contributed by atoms with van der Waals surface area (Å²) in [6.45, 7) is 8.39. The SMILES string of the molecule is CCCN(CC(=O)Nc1c(-c2ccccc2)c(C)nn1-c1ccc(C)cc1)C(=O)Nc1cccc(CC)c1. The van der Waals surface area contributed by atoms with Crippen molar-refractivity contribution in [2.24, 2.45) is 0 Å². The van der Waals surface area contributed by atoms with Gasteiger partial charge < -0.3 is 15.5 Å². The summed E-state index contributed by atoms with van der Waals surface area (Å²) in [4.78, 5) is 28.1. The molecule has 0 radical (unpaired) electrons. The predicted octanol–water partition coefficient (Wildman–Crippen LogP) is 6.60. The Kier molecular flexibility index (Phi) is 8.58. The van der Waals surface area contributed by atoms with Gasteiger partial charge in [0.1, 0.15) is 12.4 Å². The lowest BCUT2D eigenvalue weighted by atomic mass is 10.1. The predicted molar refractivity (Wildman–Crippen MR) is 154 cm³/mol. The molecule has 196 valence electrons. The van der Waals surface area contributed by atoms with E-state index in [2.05, 4.69) is 17.6 Å². The maximum absolute atomic E-state index is 13.4. The highest BCUT2D eigenvalue weighted by molar-refractivity contribution is 5.99. The zero-order chi connectivity index (χ0) is 27.1. The Morgan fingerprint density at radius 3 is 2.32 bits per heavy atom. The number of aryl methyl sites for hydroxylation is 3. The van der Waals surface area contributed by atoms with Crippen LogP contribution in [-0.2, 0) is 11.2 Å². The fourth-order valence-corrected chi connectivity index (χ4v) is 4.40. The largest absolute Gasteiger partial charge is 0.322 e. The first kappa shape index (κ1) is 26.7. The molecule has 0 spiro atoms. The van der Waals surface area contributed by atoms with E-state index in [0.717, 1.165) is 52.2 Å². The minimum atomic E-state index is -0.304. The average molecular weight is 510 g/mol. The van der Waals surface area contributed by atoms with Crippen LogP contribution in [0.1, 0.15) is 37.1 Å². The highest BCUT2D eigenvalue weighted by Crippen LogP contribution is 2.33. The number of amides is 3. The van der Waals surface area contributed by atoms with Crippen molar-refractivity contribution >= 4 is 23.4 Å². The van der Waals surface area contributed by atoms with E-state index in [-0.39, 0.29) is 18.5 Å². The van der Waals surface area contributed by atoms with Crippen molar-refractivity contribution in [3.63, 3.8) is 0 Å². The van der Waals surface area contributed by atoms with Crippen LogP contribution in [0.25, 0.3) is 16.8 Å². The Balaban J connectivity index is 1.61. The standard InChI is InChI=1S/C31H35N5O2/c1-5-19-35(31(38)32-26-14-10-11-24(6-2)20-26)21-28(37)33-30-29(25-12-8-7-9-13-25)23(4)34-36(30)27-17-15-22(3)16-18-27/h7-18,20H,5-6,19,21H2,1-4H3,(H,32,38)(H,33,37). The number of hydrogen-bond acceptors (Lipinski definition) is 3. The summed E-state index contributed by atoms with van der Waals surface area (Å²) in [5.41, 5.74) is 6.43. The number of carbonyl (C=O) groups is 2. The molecule has 4 rings (SSSR count). The van der Waals surface area contributed by atoms with Gasteiger partial charge in [0.2, 0.25) is 5.91 Å². The van der Waals surface area contributed by atoms with Gasteiger partial charge in [0.05, 0.1) is 11.4 Å². The Bertz CT molecular complexity index is 1390. The summed E-state index contributed by atoms with van der Waals surface area (Å²) in [6, 6.07) is 25.3. The van der Waals surface area contributed by atoms with Crippen molar-refractivity contribution in [3.05, 3.63) is 95.7 Å². The van der Waals surface area contributed by atoms with Gasteiger partial charge in [0, 0.05) is 17.8 Å². The van der Waals surface area contributed by atoms with Crippen LogP contribution in [0.2, 0.25) is 0 Å². The average Bonchev–Trinajstić information content (AvgIpc) is 3.24. The molecule has 0 fully saturated rings. The first-order valence-electron chi connectivity index (χ1n) is 13.1. The number of aromatic nitrogens is 2. The molecule has 38 heavy (non-hydrogen) atoms. The number of nitrogens with zero attached hydrogens (tertiary/aromatic N) is 3. The lowest BCUT2D eigenvalue weighted by molar-refractivity contribution is -0.116. The third kappa shape index (κ3) is 6.29. The minimum Gasteiger partial charge on any atom is -0.315 e. The van der Waals surface area contributed by atoms with Crippen LogP contribution in [0.5, 0.6) is 0 Å². The van der Waals surface area contributed by atoms with E-state index in [9.17, 15) is 9.59 Å². The molecule has 0 bridgehead atoms. The molecule has 0 aliphatic carbocycles.